The van der Waals surface area contributed by atoms with Crippen LogP contribution in [-0.2, 0) is 24.3 Å². The molecular weight excluding hydrogens is 302 g/mol. The molecule has 0 saturated carbocycles. The fourth-order valence-corrected chi connectivity index (χ4v) is 1.69. The lowest BCUT2D eigenvalue weighted by molar-refractivity contribution is 0.0399. The van der Waals surface area contributed by atoms with Crippen LogP contribution >= 0.6 is 0 Å². The highest BCUT2D eigenvalue weighted by molar-refractivity contribution is 7.85. The summed E-state index contributed by atoms with van der Waals surface area (Å²) in [7, 11) is -3.91. The number of nitrogens with one attached hydrogen (secondary N) is 1. The van der Waals surface area contributed by atoms with Gasteiger partial charge >= 0.3 is 6.09 Å². The first kappa shape index (κ1) is 20.1. The minimum absolute atomic E-state index is 0.235. The van der Waals surface area contributed by atoms with E-state index in [2.05, 4.69) is 5.32 Å². The van der Waals surface area contributed by atoms with Gasteiger partial charge in [0.05, 0.1) is 25.6 Å². The van der Waals surface area contributed by atoms with Crippen molar-refractivity contribution >= 4 is 16.2 Å². The van der Waals surface area contributed by atoms with E-state index in [4.69, 9.17) is 18.8 Å². The van der Waals surface area contributed by atoms with Gasteiger partial charge in [-0.2, -0.15) is 8.42 Å². The molecule has 2 N–H and O–H groups in total. The Kier molecular flexibility index (Phi) is 9.51. The van der Waals surface area contributed by atoms with Crippen LogP contribution in [0.3, 0.4) is 0 Å². The Labute approximate surface area is 125 Å². The summed E-state index contributed by atoms with van der Waals surface area (Å²) >= 11 is 0. The lowest BCUT2D eigenvalue weighted by Gasteiger charge is -2.19. The molecule has 0 radical (unpaired) electrons. The standard InChI is InChI=1S/C12H25NO7S/c1-12(2,3)20-11(14)13-5-7-19-9-8-18-6-4-10-21(15,16)17/h4-10H2,1-3H3,(H,13,14)(H,15,16,17). The van der Waals surface area contributed by atoms with Crippen LogP contribution in [0.4, 0.5) is 4.79 Å². The van der Waals surface area contributed by atoms with Crippen LogP contribution in [-0.4, -0.2) is 63.4 Å². The maximum atomic E-state index is 11.3. The molecule has 21 heavy (non-hydrogen) atoms. The number of hydrogen-bond acceptors (Lipinski definition) is 6. The second-order valence-electron chi connectivity index (χ2n) is 5.29. The van der Waals surface area contributed by atoms with Gasteiger partial charge in [-0.1, -0.05) is 0 Å². The molecule has 0 spiro atoms. The molecule has 0 aliphatic carbocycles. The fourth-order valence-electron chi connectivity index (χ4n) is 1.20. The Hall–Kier alpha value is -0.900. The van der Waals surface area contributed by atoms with Gasteiger partial charge in [-0.05, 0) is 27.2 Å². The average molecular weight is 327 g/mol. The summed E-state index contributed by atoms with van der Waals surface area (Å²) in [5.41, 5.74) is -0.527. The van der Waals surface area contributed by atoms with Crippen LogP contribution in [0.25, 0.3) is 0 Å². The summed E-state index contributed by atoms with van der Waals surface area (Å²) in [6, 6.07) is 0. The maximum Gasteiger partial charge on any atom is 0.407 e. The van der Waals surface area contributed by atoms with E-state index in [0.29, 0.717) is 26.4 Å². The second-order valence-corrected chi connectivity index (χ2v) is 6.87. The van der Waals surface area contributed by atoms with Gasteiger partial charge in [0.25, 0.3) is 10.1 Å². The first-order valence-corrected chi connectivity index (χ1v) is 8.28. The molecule has 0 rings (SSSR count). The quantitative estimate of drug-likeness (QED) is 0.451. The molecule has 0 aromatic carbocycles. The number of carbonyl (C=O) groups is 1. The van der Waals surface area contributed by atoms with Crippen LogP contribution in [0.5, 0.6) is 0 Å². The Morgan fingerprint density at radius 3 is 2.19 bits per heavy atom. The highest BCUT2D eigenvalue weighted by atomic mass is 32.2. The SMILES string of the molecule is CC(C)(C)OC(=O)NCCOCCOCCCS(=O)(=O)O. The van der Waals surface area contributed by atoms with Gasteiger partial charge < -0.3 is 19.5 Å². The Bertz CT molecular complexity index is 389. The van der Waals surface area contributed by atoms with E-state index < -0.39 is 21.8 Å². The molecular formula is C12H25NO7S. The molecule has 0 aromatic heterocycles. The fraction of sp³-hybridized carbons (Fsp3) is 0.917. The van der Waals surface area contributed by atoms with Crippen molar-refractivity contribution in [2.75, 3.05) is 38.7 Å². The molecule has 0 aliphatic rings. The highest BCUT2D eigenvalue weighted by Gasteiger charge is 2.15. The summed E-state index contributed by atoms with van der Waals surface area (Å²) in [6.45, 7) is 6.89. The van der Waals surface area contributed by atoms with Gasteiger partial charge in [0.15, 0.2) is 0 Å². The molecule has 0 fully saturated rings. The summed E-state index contributed by atoms with van der Waals surface area (Å²) < 4.78 is 44.6. The summed E-state index contributed by atoms with van der Waals surface area (Å²) in [6.07, 6.45) is -0.258. The van der Waals surface area contributed by atoms with Crippen molar-refractivity contribution in [3.8, 4) is 0 Å². The van der Waals surface area contributed by atoms with Gasteiger partial charge in [-0.3, -0.25) is 4.55 Å². The second kappa shape index (κ2) is 9.93. The largest absolute Gasteiger partial charge is 0.444 e. The van der Waals surface area contributed by atoms with Crippen molar-refractivity contribution in [2.24, 2.45) is 0 Å². The Morgan fingerprint density at radius 1 is 1.10 bits per heavy atom. The van der Waals surface area contributed by atoms with Crippen molar-refractivity contribution in [1.29, 1.82) is 0 Å². The van der Waals surface area contributed by atoms with E-state index in [1.165, 1.54) is 0 Å². The van der Waals surface area contributed by atoms with Gasteiger partial charge in [-0.15, -0.1) is 0 Å². The third-order valence-corrected chi connectivity index (χ3v) is 2.78. The Morgan fingerprint density at radius 2 is 1.67 bits per heavy atom. The van der Waals surface area contributed by atoms with Crippen LogP contribution < -0.4 is 5.32 Å². The van der Waals surface area contributed by atoms with Crippen LogP contribution in [0, 0.1) is 0 Å². The van der Waals surface area contributed by atoms with Gasteiger partial charge in [0.1, 0.15) is 5.60 Å². The van der Waals surface area contributed by atoms with E-state index in [-0.39, 0.29) is 18.8 Å². The van der Waals surface area contributed by atoms with Crippen molar-refractivity contribution < 1.29 is 32.0 Å². The van der Waals surface area contributed by atoms with Gasteiger partial charge in [0.2, 0.25) is 0 Å². The number of alkyl carbamates (subject to hydrolysis) is 1. The topological polar surface area (TPSA) is 111 Å². The van der Waals surface area contributed by atoms with Crippen molar-refractivity contribution in [2.45, 2.75) is 32.8 Å². The number of rotatable bonds is 10. The summed E-state index contributed by atoms with van der Waals surface area (Å²) in [5, 5.41) is 2.55. The minimum atomic E-state index is -3.91. The zero-order valence-electron chi connectivity index (χ0n) is 12.8. The summed E-state index contributed by atoms with van der Waals surface area (Å²) in [5.74, 6) is -0.312. The zero-order chi connectivity index (χ0) is 16.4. The third kappa shape index (κ3) is 17.0. The molecule has 0 heterocycles. The minimum Gasteiger partial charge on any atom is -0.444 e. The first-order chi connectivity index (χ1) is 9.60. The molecule has 0 saturated heterocycles. The van der Waals surface area contributed by atoms with Gasteiger partial charge in [0, 0.05) is 13.2 Å². The molecule has 9 heteroatoms. The number of carbonyl (C=O) groups excluding carboxylic acids is 1. The van der Waals surface area contributed by atoms with Crippen LogP contribution in [0.15, 0.2) is 0 Å². The molecule has 1 amide bonds. The molecule has 0 unspecified atom stereocenters. The molecule has 0 atom stereocenters. The average Bonchev–Trinajstić information content (AvgIpc) is 2.27. The number of ether oxygens (including phenoxy) is 3. The van der Waals surface area contributed by atoms with Crippen molar-refractivity contribution in [3.05, 3.63) is 0 Å². The lowest BCUT2D eigenvalue weighted by atomic mass is 10.2. The molecule has 126 valence electrons. The number of amides is 1. The Balaban J connectivity index is 3.32. The monoisotopic (exact) mass is 327 g/mol. The van der Waals surface area contributed by atoms with E-state index >= 15 is 0 Å². The van der Waals surface area contributed by atoms with Crippen molar-refractivity contribution in [1.82, 2.24) is 5.32 Å². The summed E-state index contributed by atoms with van der Waals surface area (Å²) in [4.78, 5) is 11.3. The maximum absolute atomic E-state index is 11.3. The molecule has 0 aliphatic heterocycles. The molecule has 0 bridgehead atoms. The van der Waals surface area contributed by atoms with E-state index in [0.717, 1.165) is 0 Å². The van der Waals surface area contributed by atoms with Crippen LogP contribution in [0.1, 0.15) is 27.2 Å². The van der Waals surface area contributed by atoms with Gasteiger partial charge in [-0.25, -0.2) is 4.79 Å². The predicted molar refractivity (Wildman–Crippen MR) is 76.9 cm³/mol. The lowest BCUT2D eigenvalue weighted by Crippen LogP contribution is -2.34. The van der Waals surface area contributed by atoms with Crippen LogP contribution in [0.2, 0.25) is 0 Å². The smallest absolute Gasteiger partial charge is 0.407 e. The zero-order valence-corrected chi connectivity index (χ0v) is 13.6. The predicted octanol–water partition coefficient (Wildman–Crippen LogP) is 0.822. The third-order valence-electron chi connectivity index (χ3n) is 1.98. The van der Waals surface area contributed by atoms with E-state index in [1.807, 2.05) is 0 Å². The van der Waals surface area contributed by atoms with Crippen molar-refractivity contribution in [3.63, 3.8) is 0 Å². The molecule has 8 nitrogen and oxygen atoms in total. The normalized spacial score (nSPS) is 12.2. The van der Waals surface area contributed by atoms with E-state index in [9.17, 15) is 13.2 Å². The highest BCUT2D eigenvalue weighted by Crippen LogP contribution is 2.05. The molecule has 0 aromatic rings. The van der Waals surface area contributed by atoms with E-state index in [1.54, 1.807) is 20.8 Å². The number of hydrogen-bond donors (Lipinski definition) is 2. The first-order valence-electron chi connectivity index (χ1n) is 6.68.